The molecule has 0 spiro atoms. The van der Waals surface area contributed by atoms with E-state index in [1.54, 1.807) is 0 Å². The highest BCUT2D eigenvalue weighted by molar-refractivity contribution is 9.10. The topological polar surface area (TPSA) is 6.48 Å². The summed E-state index contributed by atoms with van der Waals surface area (Å²) in [5.74, 6) is 0. The van der Waals surface area contributed by atoms with Crippen molar-refractivity contribution in [1.82, 2.24) is 9.80 Å². The van der Waals surface area contributed by atoms with Crippen molar-refractivity contribution < 1.29 is 0 Å². The molecule has 4 heteroatoms. The molecular weight excluding hydrogens is 272 g/mol. The van der Waals surface area contributed by atoms with Gasteiger partial charge in [-0.3, -0.25) is 4.90 Å². The van der Waals surface area contributed by atoms with Gasteiger partial charge in [-0.25, -0.2) is 0 Å². The van der Waals surface area contributed by atoms with Crippen LogP contribution in [-0.4, -0.2) is 43.0 Å². The number of likely N-dealkylation sites (N-methyl/N-ethyl adjacent to an activating group) is 1. The minimum absolute atomic E-state index is 1.10. The van der Waals surface area contributed by atoms with Crippen molar-refractivity contribution in [1.29, 1.82) is 0 Å². The molecule has 2 heterocycles. The third-order valence-corrected chi connectivity index (χ3v) is 4.78. The molecule has 0 atom stereocenters. The Kier molecular flexibility index (Phi) is 4.20. The Morgan fingerprint density at radius 1 is 1.33 bits per heavy atom. The average molecular weight is 289 g/mol. The van der Waals surface area contributed by atoms with Gasteiger partial charge in [0.2, 0.25) is 0 Å². The van der Waals surface area contributed by atoms with Crippen molar-refractivity contribution in [3.05, 3.63) is 20.8 Å². The van der Waals surface area contributed by atoms with Gasteiger partial charge in [0.15, 0.2) is 0 Å². The lowest BCUT2D eigenvalue weighted by molar-refractivity contribution is 0.271. The van der Waals surface area contributed by atoms with E-state index < -0.39 is 0 Å². The van der Waals surface area contributed by atoms with Crippen molar-refractivity contribution >= 4 is 27.3 Å². The molecule has 1 fully saturated rings. The van der Waals surface area contributed by atoms with E-state index in [1.807, 2.05) is 11.3 Å². The lowest BCUT2D eigenvalue weighted by atomic mass is 10.3. The Labute approximate surface area is 104 Å². The fourth-order valence-corrected chi connectivity index (χ4v) is 3.42. The van der Waals surface area contributed by atoms with Crippen molar-refractivity contribution in [2.45, 2.75) is 13.0 Å². The fraction of sp³-hybridized carbons (Fsp3) is 0.636. The SMILES string of the molecule is CN1CCCN(Cc2sccc2Br)CC1. The first-order valence-electron chi connectivity index (χ1n) is 5.38. The van der Waals surface area contributed by atoms with Crippen LogP contribution in [-0.2, 0) is 6.54 Å². The summed E-state index contributed by atoms with van der Waals surface area (Å²) >= 11 is 5.45. The van der Waals surface area contributed by atoms with E-state index in [4.69, 9.17) is 0 Å². The van der Waals surface area contributed by atoms with Gasteiger partial charge in [0, 0.05) is 29.0 Å². The minimum Gasteiger partial charge on any atom is -0.305 e. The zero-order valence-corrected chi connectivity index (χ0v) is 11.5. The van der Waals surface area contributed by atoms with E-state index in [2.05, 4.69) is 44.2 Å². The van der Waals surface area contributed by atoms with E-state index in [0.29, 0.717) is 0 Å². The molecule has 15 heavy (non-hydrogen) atoms. The summed E-state index contributed by atoms with van der Waals surface area (Å²) in [7, 11) is 2.21. The summed E-state index contributed by atoms with van der Waals surface area (Å²) < 4.78 is 1.27. The van der Waals surface area contributed by atoms with Crippen molar-refractivity contribution in [3.8, 4) is 0 Å². The monoisotopic (exact) mass is 288 g/mol. The molecule has 0 saturated carbocycles. The molecule has 84 valence electrons. The molecule has 1 saturated heterocycles. The first kappa shape index (κ1) is 11.6. The first-order chi connectivity index (χ1) is 7.25. The molecule has 2 rings (SSSR count). The minimum atomic E-state index is 1.10. The molecule has 0 aliphatic carbocycles. The molecule has 0 aromatic carbocycles. The first-order valence-corrected chi connectivity index (χ1v) is 7.06. The molecular formula is C11H17BrN2S. The molecule has 0 radical (unpaired) electrons. The van der Waals surface area contributed by atoms with Gasteiger partial charge in [0.05, 0.1) is 0 Å². The normalized spacial score (nSPS) is 20.4. The summed E-state index contributed by atoms with van der Waals surface area (Å²) in [4.78, 5) is 6.43. The van der Waals surface area contributed by atoms with Gasteiger partial charge < -0.3 is 4.90 Å². The summed E-state index contributed by atoms with van der Waals surface area (Å²) in [6, 6.07) is 2.14. The van der Waals surface area contributed by atoms with Crippen LogP contribution in [0.25, 0.3) is 0 Å². The van der Waals surface area contributed by atoms with Crippen molar-refractivity contribution in [2.75, 3.05) is 33.2 Å². The fourth-order valence-electron chi connectivity index (χ4n) is 1.90. The number of hydrogen-bond acceptors (Lipinski definition) is 3. The summed E-state index contributed by atoms with van der Waals surface area (Å²) in [6.07, 6.45) is 1.29. The van der Waals surface area contributed by atoms with Gasteiger partial charge in [0.25, 0.3) is 0 Å². The van der Waals surface area contributed by atoms with Crippen LogP contribution in [0.2, 0.25) is 0 Å². The standard InChI is InChI=1S/C11H17BrN2S/c1-13-4-2-5-14(7-6-13)9-11-10(12)3-8-15-11/h3,8H,2,4-7,9H2,1H3. The van der Waals surface area contributed by atoms with Crippen LogP contribution in [0.4, 0.5) is 0 Å². The molecule has 1 aromatic rings. The van der Waals surface area contributed by atoms with Crippen molar-refractivity contribution in [2.24, 2.45) is 0 Å². The van der Waals surface area contributed by atoms with Gasteiger partial charge in [-0.15, -0.1) is 11.3 Å². The lowest BCUT2D eigenvalue weighted by Gasteiger charge is -2.19. The van der Waals surface area contributed by atoms with Crippen LogP contribution < -0.4 is 0 Å². The second kappa shape index (κ2) is 5.43. The molecule has 1 aliphatic rings. The van der Waals surface area contributed by atoms with Gasteiger partial charge in [-0.1, -0.05) is 0 Å². The number of hydrogen-bond donors (Lipinski definition) is 0. The van der Waals surface area contributed by atoms with Crippen LogP contribution in [0.1, 0.15) is 11.3 Å². The largest absolute Gasteiger partial charge is 0.305 e. The van der Waals surface area contributed by atoms with E-state index >= 15 is 0 Å². The van der Waals surface area contributed by atoms with Gasteiger partial charge in [-0.2, -0.15) is 0 Å². The molecule has 0 N–H and O–H groups in total. The van der Waals surface area contributed by atoms with Crippen LogP contribution in [0.3, 0.4) is 0 Å². The van der Waals surface area contributed by atoms with Gasteiger partial charge >= 0.3 is 0 Å². The quantitative estimate of drug-likeness (QED) is 0.826. The maximum absolute atomic E-state index is 3.60. The van der Waals surface area contributed by atoms with Gasteiger partial charge in [-0.05, 0) is 53.9 Å². The Hall–Kier alpha value is 0.100. The summed E-state index contributed by atoms with van der Waals surface area (Å²) in [5, 5.41) is 2.16. The lowest BCUT2D eigenvalue weighted by Crippen LogP contribution is -2.28. The number of thiophene rings is 1. The zero-order valence-electron chi connectivity index (χ0n) is 9.08. The zero-order chi connectivity index (χ0) is 10.7. The highest BCUT2D eigenvalue weighted by Crippen LogP contribution is 2.24. The molecule has 0 bridgehead atoms. The average Bonchev–Trinajstić information content (AvgIpc) is 2.48. The van der Waals surface area contributed by atoms with Gasteiger partial charge in [0.1, 0.15) is 0 Å². The second-order valence-corrected chi connectivity index (χ2v) is 5.98. The van der Waals surface area contributed by atoms with Crippen LogP contribution in [0.5, 0.6) is 0 Å². The van der Waals surface area contributed by atoms with Crippen molar-refractivity contribution in [3.63, 3.8) is 0 Å². The van der Waals surface area contributed by atoms with E-state index in [-0.39, 0.29) is 0 Å². The molecule has 1 aliphatic heterocycles. The highest BCUT2D eigenvalue weighted by Gasteiger charge is 2.13. The highest BCUT2D eigenvalue weighted by atomic mass is 79.9. The third kappa shape index (κ3) is 3.28. The Morgan fingerprint density at radius 2 is 2.20 bits per heavy atom. The molecule has 1 aromatic heterocycles. The second-order valence-electron chi connectivity index (χ2n) is 4.12. The maximum Gasteiger partial charge on any atom is 0.0339 e. The Bertz CT molecular complexity index is 313. The number of halogens is 1. The predicted octanol–water partition coefficient (Wildman–Crippen LogP) is 2.65. The third-order valence-electron chi connectivity index (χ3n) is 2.87. The molecule has 0 unspecified atom stereocenters. The number of rotatable bonds is 2. The smallest absolute Gasteiger partial charge is 0.0339 e. The summed E-state index contributed by atoms with van der Waals surface area (Å²) in [6.45, 7) is 5.96. The predicted molar refractivity (Wildman–Crippen MR) is 69.4 cm³/mol. The van der Waals surface area contributed by atoms with Crippen LogP contribution in [0, 0.1) is 0 Å². The molecule has 2 nitrogen and oxygen atoms in total. The number of nitrogens with zero attached hydrogens (tertiary/aromatic N) is 2. The summed E-state index contributed by atoms with van der Waals surface area (Å²) in [5.41, 5.74) is 0. The Balaban J connectivity index is 1.92. The Morgan fingerprint density at radius 3 is 2.93 bits per heavy atom. The molecule has 0 amide bonds. The maximum atomic E-state index is 3.60. The van der Waals surface area contributed by atoms with E-state index in [0.717, 1.165) is 6.54 Å². The van der Waals surface area contributed by atoms with Crippen LogP contribution >= 0.6 is 27.3 Å². The van der Waals surface area contributed by atoms with Crippen LogP contribution in [0.15, 0.2) is 15.9 Å². The van der Waals surface area contributed by atoms with E-state index in [9.17, 15) is 0 Å². The van der Waals surface area contributed by atoms with E-state index in [1.165, 1.54) is 41.9 Å².